The highest BCUT2D eigenvalue weighted by molar-refractivity contribution is 5.68. The van der Waals surface area contributed by atoms with E-state index in [1.807, 2.05) is 0 Å². The molecule has 1 aliphatic carbocycles. The van der Waals surface area contributed by atoms with Crippen molar-refractivity contribution in [3.05, 3.63) is 6.33 Å². The molecule has 0 bridgehead atoms. The van der Waals surface area contributed by atoms with E-state index >= 15 is 0 Å². The van der Waals surface area contributed by atoms with Gasteiger partial charge in [0.15, 0.2) is 5.82 Å². The molecule has 0 atom stereocenters. The van der Waals surface area contributed by atoms with Crippen LogP contribution in [0.25, 0.3) is 0 Å². The van der Waals surface area contributed by atoms with Crippen molar-refractivity contribution in [2.75, 3.05) is 24.3 Å². The zero-order valence-electron chi connectivity index (χ0n) is 9.81. The predicted molar refractivity (Wildman–Crippen MR) is 63.7 cm³/mol. The third kappa shape index (κ3) is 2.03. The minimum atomic E-state index is 0.465. The zero-order valence-corrected chi connectivity index (χ0v) is 9.81. The van der Waals surface area contributed by atoms with Gasteiger partial charge in [-0.15, -0.1) is 0 Å². The second-order valence-corrected chi connectivity index (χ2v) is 4.04. The van der Waals surface area contributed by atoms with Crippen LogP contribution < -0.4 is 15.4 Å². The summed E-state index contributed by atoms with van der Waals surface area (Å²) in [6, 6.07) is 0.599. The molecule has 2 N–H and O–H groups in total. The summed E-state index contributed by atoms with van der Waals surface area (Å²) < 4.78 is 5.11. The van der Waals surface area contributed by atoms with Gasteiger partial charge >= 0.3 is 0 Å². The average Bonchev–Trinajstić information content (AvgIpc) is 3.11. The van der Waals surface area contributed by atoms with E-state index in [-0.39, 0.29) is 0 Å². The van der Waals surface area contributed by atoms with E-state index in [0.717, 1.165) is 18.8 Å². The van der Waals surface area contributed by atoms with Gasteiger partial charge in [-0.05, 0) is 19.3 Å². The second-order valence-electron chi connectivity index (χ2n) is 4.04. The Bertz CT molecular complexity index is 365. The lowest BCUT2D eigenvalue weighted by Crippen LogP contribution is -2.28. The Labute approximate surface area is 95.6 Å². The molecule has 1 aromatic heterocycles. The summed E-state index contributed by atoms with van der Waals surface area (Å²) in [6.45, 7) is 3.14. The normalized spacial score (nSPS) is 14.9. The fourth-order valence-electron chi connectivity index (χ4n) is 1.85. The van der Waals surface area contributed by atoms with Gasteiger partial charge in [0.2, 0.25) is 5.88 Å². The minimum Gasteiger partial charge on any atom is -0.479 e. The molecule has 2 rings (SSSR count). The van der Waals surface area contributed by atoms with Crippen LogP contribution >= 0.6 is 0 Å². The van der Waals surface area contributed by atoms with E-state index in [2.05, 4.69) is 21.8 Å². The fraction of sp³-hybridized carbons (Fsp3) is 0.636. The van der Waals surface area contributed by atoms with Gasteiger partial charge < -0.3 is 15.4 Å². The van der Waals surface area contributed by atoms with Gasteiger partial charge in [0, 0.05) is 12.6 Å². The van der Waals surface area contributed by atoms with Crippen molar-refractivity contribution in [2.24, 2.45) is 0 Å². The fourth-order valence-corrected chi connectivity index (χ4v) is 1.85. The molecule has 88 valence electrons. The Kier molecular flexibility index (Phi) is 3.12. The molecule has 0 aliphatic heterocycles. The summed E-state index contributed by atoms with van der Waals surface area (Å²) in [5.74, 6) is 1.28. The van der Waals surface area contributed by atoms with Crippen LogP contribution in [0.2, 0.25) is 0 Å². The molecule has 1 aromatic rings. The Morgan fingerprint density at radius 2 is 2.25 bits per heavy atom. The van der Waals surface area contributed by atoms with E-state index in [4.69, 9.17) is 10.5 Å². The largest absolute Gasteiger partial charge is 0.479 e. The van der Waals surface area contributed by atoms with Crippen LogP contribution in [-0.4, -0.2) is 29.7 Å². The lowest BCUT2D eigenvalue weighted by atomic mass is 10.3. The van der Waals surface area contributed by atoms with Crippen LogP contribution in [0.15, 0.2) is 6.33 Å². The van der Waals surface area contributed by atoms with Crippen molar-refractivity contribution < 1.29 is 4.74 Å². The quantitative estimate of drug-likeness (QED) is 0.816. The van der Waals surface area contributed by atoms with Crippen LogP contribution in [0.5, 0.6) is 5.88 Å². The number of nitrogens with zero attached hydrogens (tertiary/aromatic N) is 3. The zero-order chi connectivity index (χ0) is 11.5. The summed E-state index contributed by atoms with van der Waals surface area (Å²) in [7, 11) is 1.57. The second kappa shape index (κ2) is 4.55. The van der Waals surface area contributed by atoms with Gasteiger partial charge in [-0.2, -0.15) is 4.98 Å². The lowest BCUT2D eigenvalue weighted by Gasteiger charge is -2.24. The minimum absolute atomic E-state index is 0.465. The first-order chi connectivity index (χ1) is 7.77. The molecular weight excluding hydrogens is 204 g/mol. The van der Waals surface area contributed by atoms with Crippen molar-refractivity contribution in [1.29, 1.82) is 0 Å². The van der Waals surface area contributed by atoms with Crippen LogP contribution in [0, 0.1) is 0 Å². The number of methoxy groups -OCH3 is 1. The number of aromatic nitrogens is 2. The van der Waals surface area contributed by atoms with Gasteiger partial charge in [-0.3, -0.25) is 0 Å². The highest BCUT2D eigenvalue weighted by atomic mass is 16.5. The number of nitrogen functional groups attached to an aromatic ring is 1. The van der Waals surface area contributed by atoms with Gasteiger partial charge in [0.25, 0.3) is 0 Å². The van der Waals surface area contributed by atoms with E-state index in [9.17, 15) is 0 Å². The first-order valence-electron chi connectivity index (χ1n) is 5.69. The van der Waals surface area contributed by atoms with Gasteiger partial charge in [0.1, 0.15) is 12.0 Å². The van der Waals surface area contributed by atoms with Crippen molar-refractivity contribution in [3.8, 4) is 5.88 Å². The summed E-state index contributed by atoms with van der Waals surface area (Å²) in [5.41, 5.74) is 6.55. The molecule has 0 amide bonds. The molecule has 1 fully saturated rings. The third-order valence-corrected chi connectivity index (χ3v) is 2.74. The molecule has 16 heavy (non-hydrogen) atoms. The number of nitrogens with two attached hydrogens (primary N) is 1. The Morgan fingerprint density at radius 3 is 2.81 bits per heavy atom. The summed E-state index contributed by atoms with van der Waals surface area (Å²) >= 11 is 0. The number of ether oxygens (including phenoxy) is 1. The number of rotatable bonds is 5. The summed E-state index contributed by atoms with van der Waals surface area (Å²) in [5, 5.41) is 0. The Hall–Kier alpha value is -1.52. The number of anilines is 2. The number of hydrogen-bond donors (Lipinski definition) is 1. The van der Waals surface area contributed by atoms with E-state index in [0.29, 0.717) is 17.6 Å². The maximum Gasteiger partial charge on any atom is 0.242 e. The van der Waals surface area contributed by atoms with Crippen molar-refractivity contribution >= 4 is 11.5 Å². The average molecular weight is 222 g/mol. The standard InChI is InChI=1S/C11H18N4O/c1-3-6-15(8-4-5-8)10-9(12)11(16-2)14-7-13-10/h7-8H,3-6,12H2,1-2H3. The molecular formula is C11H18N4O. The summed E-state index contributed by atoms with van der Waals surface area (Å²) in [6.07, 6.45) is 5.05. The molecule has 1 saturated carbocycles. The lowest BCUT2D eigenvalue weighted by molar-refractivity contribution is 0.399. The van der Waals surface area contributed by atoms with Crippen molar-refractivity contribution in [1.82, 2.24) is 9.97 Å². The highest BCUT2D eigenvalue weighted by Gasteiger charge is 2.31. The van der Waals surface area contributed by atoms with Crippen LogP contribution in [0.3, 0.4) is 0 Å². The van der Waals surface area contributed by atoms with Gasteiger partial charge in [-0.1, -0.05) is 6.92 Å². The molecule has 1 aliphatic rings. The monoisotopic (exact) mass is 222 g/mol. The molecule has 0 radical (unpaired) electrons. The molecule has 0 aromatic carbocycles. The maximum absolute atomic E-state index is 6.00. The maximum atomic E-state index is 6.00. The van der Waals surface area contributed by atoms with Gasteiger partial charge in [-0.25, -0.2) is 4.98 Å². The van der Waals surface area contributed by atoms with Crippen molar-refractivity contribution in [3.63, 3.8) is 0 Å². The molecule has 0 saturated heterocycles. The highest BCUT2D eigenvalue weighted by Crippen LogP contribution is 2.35. The molecule has 1 heterocycles. The van der Waals surface area contributed by atoms with Crippen LogP contribution in [0.1, 0.15) is 26.2 Å². The van der Waals surface area contributed by atoms with Gasteiger partial charge in [0.05, 0.1) is 7.11 Å². The first-order valence-corrected chi connectivity index (χ1v) is 5.69. The Morgan fingerprint density at radius 1 is 1.50 bits per heavy atom. The SMILES string of the molecule is CCCN(c1ncnc(OC)c1N)C1CC1. The Balaban J connectivity index is 2.29. The first kappa shape index (κ1) is 11.0. The molecule has 5 heteroatoms. The number of hydrogen-bond acceptors (Lipinski definition) is 5. The van der Waals surface area contributed by atoms with E-state index < -0.39 is 0 Å². The van der Waals surface area contributed by atoms with Crippen LogP contribution in [-0.2, 0) is 0 Å². The molecule has 0 unspecified atom stereocenters. The molecule has 0 spiro atoms. The smallest absolute Gasteiger partial charge is 0.242 e. The summed E-state index contributed by atoms with van der Waals surface area (Å²) in [4.78, 5) is 10.5. The topological polar surface area (TPSA) is 64.3 Å². The molecule has 5 nitrogen and oxygen atoms in total. The van der Waals surface area contributed by atoms with E-state index in [1.54, 1.807) is 7.11 Å². The van der Waals surface area contributed by atoms with Crippen LogP contribution in [0.4, 0.5) is 11.5 Å². The third-order valence-electron chi connectivity index (χ3n) is 2.74. The van der Waals surface area contributed by atoms with E-state index in [1.165, 1.54) is 19.2 Å². The van der Waals surface area contributed by atoms with Crippen molar-refractivity contribution in [2.45, 2.75) is 32.2 Å². The predicted octanol–water partition coefficient (Wildman–Crippen LogP) is 1.45.